The van der Waals surface area contributed by atoms with Crippen LogP contribution in [0.25, 0.3) is 16.0 Å². The Labute approximate surface area is 199 Å². The van der Waals surface area contributed by atoms with E-state index in [9.17, 15) is 4.79 Å². The van der Waals surface area contributed by atoms with Crippen LogP contribution >= 0.6 is 11.3 Å². The normalized spacial score (nSPS) is 16.3. The number of hydrogen-bond acceptors (Lipinski definition) is 10. The maximum atomic E-state index is 13.3. The van der Waals surface area contributed by atoms with Gasteiger partial charge in [-0.05, 0) is 25.0 Å². The van der Waals surface area contributed by atoms with Crippen LogP contribution in [0.15, 0.2) is 24.5 Å². The van der Waals surface area contributed by atoms with Gasteiger partial charge in [0.1, 0.15) is 11.4 Å². The number of carbonyl (C=O) groups is 1. The minimum Gasteiger partial charge on any atom is -0.378 e. The number of anilines is 3. The summed E-state index contributed by atoms with van der Waals surface area (Å²) in [6, 6.07) is 3.80. The van der Waals surface area contributed by atoms with Crippen molar-refractivity contribution in [2.24, 2.45) is 5.73 Å². The Morgan fingerprint density at radius 2 is 2.09 bits per heavy atom. The first-order chi connectivity index (χ1) is 16.7. The Balaban J connectivity index is 1.31. The van der Waals surface area contributed by atoms with Crippen molar-refractivity contribution in [3.63, 3.8) is 0 Å². The van der Waals surface area contributed by atoms with Gasteiger partial charge in [0.05, 0.1) is 35.5 Å². The monoisotopic (exact) mass is 479 g/mol. The molecule has 1 saturated carbocycles. The topological polar surface area (TPSA) is 136 Å². The predicted octanol–water partition coefficient (Wildman–Crippen LogP) is 2.07. The fourth-order valence-electron chi connectivity index (χ4n) is 4.04. The molecule has 1 amide bonds. The summed E-state index contributed by atoms with van der Waals surface area (Å²) in [6.07, 6.45) is 5.44. The molecule has 5 heterocycles. The molecule has 11 nitrogen and oxygen atoms in total. The lowest BCUT2D eigenvalue weighted by Crippen LogP contribution is -2.36. The van der Waals surface area contributed by atoms with Crippen LogP contribution in [0.1, 0.15) is 34.8 Å². The molecule has 4 aromatic heterocycles. The van der Waals surface area contributed by atoms with E-state index in [4.69, 9.17) is 20.4 Å². The number of ether oxygens (including phenoxy) is 1. The molecule has 0 radical (unpaired) electrons. The van der Waals surface area contributed by atoms with Crippen molar-refractivity contribution in [1.29, 1.82) is 0 Å². The number of nitrogens with one attached hydrogen (secondary N) is 2. The molecule has 4 N–H and O–H groups in total. The van der Waals surface area contributed by atoms with Crippen molar-refractivity contribution >= 4 is 49.9 Å². The molecular formula is C22H25N9O2S. The van der Waals surface area contributed by atoms with Crippen LogP contribution in [0.5, 0.6) is 0 Å². The molecule has 2 aliphatic rings. The van der Waals surface area contributed by atoms with Crippen LogP contribution in [0, 0.1) is 0 Å². The summed E-state index contributed by atoms with van der Waals surface area (Å²) in [4.78, 5) is 29.7. The molecule has 2 fully saturated rings. The zero-order chi connectivity index (χ0) is 23.1. The summed E-state index contributed by atoms with van der Waals surface area (Å²) in [7, 11) is 0. The van der Waals surface area contributed by atoms with Gasteiger partial charge in [0, 0.05) is 38.3 Å². The average Bonchev–Trinajstić information content (AvgIpc) is 3.48. The molecule has 0 aromatic carbocycles. The summed E-state index contributed by atoms with van der Waals surface area (Å²) in [6.45, 7) is 4.13. The smallest absolute Gasteiger partial charge is 0.261 e. The second-order valence-electron chi connectivity index (χ2n) is 8.42. The highest BCUT2D eigenvalue weighted by molar-refractivity contribution is 7.22. The molecule has 12 heteroatoms. The number of thiazole rings is 1. The third-order valence-corrected chi connectivity index (χ3v) is 7.01. The Morgan fingerprint density at radius 3 is 2.88 bits per heavy atom. The predicted molar refractivity (Wildman–Crippen MR) is 131 cm³/mol. The van der Waals surface area contributed by atoms with Gasteiger partial charge in [-0.1, -0.05) is 11.3 Å². The largest absolute Gasteiger partial charge is 0.378 e. The van der Waals surface area contributed by atoms with E-state index in [1.807, 2.05) is 6.07 Å². The van der Waals surface area contributed by atoms with Gasteiger partial charge in [-0.3, -0.25) is 4.79 Å². The summed E-state index contributed by atoms with van der Waals surface area (Å²) in [5.41, 5.74) is 8.81. The standard InChI is InChI=1S/C22H25N9O2S/c23-4-5-24-17-3-6-31-20(27-17)14(12-25-31)21(32)26-15-11-16-19(28-18(15)13-1-2-13)29-22(34-16)30-7-9-33-10-8-30/h3,6,11-13H,1-2,4-5,7-10,23H2,(H,24,27)(H,26,32). The van der Waals surface area contributed by atoms with Crippen molar-refractivity contribution in [2.75, 3.05) is 54.9 Å². The van der Waals surface area contributed by atoms with Gasteiger partial charge >= 0.3 is 0 Å². The molecule has 34 heavy (non-hydrogen) atoms. The van der Waals surface area contributed by atoms with E-state index in [1.165, 1.54) is 6.20 Å². The van der Waals surface area contributed by atoms with E-state index >= 15 is 0 Å². The molecule has 0 atom stereocenters. The Morgan fingerprint density at radius 1 is 1.24 bits per heavy atom. The number of amides is 1. The van der Waals surface area contributed by atoms with Crippen LogP contribution in [-0.4, -0.2) is 69.9 Å². The van der Waals surface area contributed by atoms with Crippen molar-refractivity contribution < 1.29 is 9.53 Å². The van der Waals surface area contributed by atoms with Gasteiger partial charge in [0.25, 0.3) is 5.91 Å². The first-order valence-corrected chi connectivity index (χ1v) is 12.2. The molecule has 4 aromatic rings. The first-order valence-electron chi connectivity index (χ1n) is 11.4. The summed E-state index contributed by atoms with van der Waals surface area (Å²) in [5, 5.41) is 11.4. The van der Waals surface area contributed by atoms with E-state index in [0.29, 0.717) is 49.2 Å². The Bertz CT molecular complexity index is 1360. The molecule has 1 saturated heterocycles. The maximum Gasteiger partial charge on any atom is 0.261 e. The van der Waals surface area contributed by atoms with Crippen molar-refractivity contribution in [2.45, 2.75) is 18.8 Å². The summed E-state index contributed by atoms with van der Waals surface area (Å²) >= 11 is 1.59. The second kappa shape index (κ2) is 8.78. The SMILES string of the molecule is NCCNc1ccn2ncc(C(=O)Nc3cc4sc(N5CCOCC5)nc4nc3C3CC3)c2n1. The Hall–Kier alpha value is -3.35. The number of morpholine rings is 1. The fraction of sp³-hybridized carbons (Fsp3) is 0.409. The number of fused-ring (bicyclic) bond motifs is 2. The molecule has 0 unspecified atom stereocenters. The van der Waals surface area contributed by atoms with Gasteiger partial charge < -0.3 is 26.0 Å². The van der Waals surface area contributed by atoms with Crippen LogP contribution in [-0.2, 0) is 4.74 Å². The maximum absolute atomic E-state index is 13.3. The zero-order valence-corrected chi connectivity index (χ0v) is 19.3. The van der Waals surface area contributed by atoms with Crippen LogP contribution < -0.4 is 21.3 Å². The minimum atomic E-state index is -0.264. The molecule has 176 valence electrons. The highest BCUT2D eigenvalue weighted by atomic mass is 32.1. The van der Waals surface area contributed by atoms with Gasteiger partial charge in [-0.15, -0.1) is 0 Å². The zero-order valence-electron chi connectivity index (χ0n) is 18.5. The third-order valence-electron chi connectivity index (χ3n) is 5.96. The van der Waals surface area contributed by atoms with Gasteiger partial charge in [-0.2, -0.15) is 10.1 Å². The number of pyridine rings is 1. The van der Waals surface area contributed by atoms with Gasteiger partial charge in [-0.25, -0.2) is 14.5 Å². The van der Waals surface area contributed by atoms with Gasteiger partial charge in [0.15, 0.2) is 16.4 Å². The van der Waals surface area contributed by atoms with E-state index in [1.54, 1.807) is 28.1 Å². The van der Waals surface area contributed by atoms with Crippen molar-refractivity contribution in [3.8, 4) is 0 Å². The average molecular weight is 480 g/mol. The van der Waals surface area contributed by atoms with E-state index in [0.717, 1.165) is 52.8 Å². The van der Waals surface area contributed by atoms with Crippen LogP contribution in [0.4, 0.5) is 16.6 Å². The lowest BCUT2D eigenvalue weighted by Gasteiger charge is -2.25. The Kier molecular flexibility index (Phi) is 5.47. The molecule has 1 aliphatic heterocycles. The van der Waals surface area contributed by atoms with Crippen molar-refractivity contribution in [3.05, 3.63) is 35.8 Å². The minimum absolute atomic E-state index is 0.264. The lowest BCUT2D eigenvalue weighted by atomic mass is 10.2. The third kappa shape index (κ3) is 4.04. The number of carbonyl (C=O) groups excluding carboxylic acids is 1. The van der Waals surface area contributed by atoms with Crippen molar-refractivity contribution in [1.82, 2.24) is 24.6 Å². The van der Waals surface area contributed by atoms with Crippen LogP contribution in [0.3, 0.4) is 0 Å². The van der Waals surface area contributed by atoms with E-state index < -0.39 is 0 Å². The van der Waals surface area contributed by atoms with Crippen LogP contribution in [0.2, 0.25) is 0 Å². The number of aromatic nitrogens is 5. The van der Waals surface area contributed by atoms with E-state index in [2.05, 4.69) is 25.6 Å². The molecule has 1 aliphatic carbocycles. The number of nitrogens with zero attached hydrogens (tertiary/aromatic N) is 6. The summed E-state index contributed by atoms with van der Waals surface area (Å²) < 4.78 is 8.00. The molecule has 6 rings (SSSR count). The summed E-state index contributed by atoms with van der Waals surface area (Å²) in [5.74, 6) is 0.733. The number of hydrogen-bond donors (Lipinski definition) is 3. The fourth-order valence-corrected chi connectivity index (χ4v) is 5.04. The highest BCUT2D eigenvalue weighted by Crippen LogP contribution is 2.44. The molecular weight excluding hydrogens is 454 g/mol. The van der Waals surface area contributed by atoms with E-state index in [-0.39, 0.29) is 5.91 Å². The molecule has 0 spiro atoms. The second-order valence-corrected chi connectivity index (χ2v) is 9.43. The highest BCUT2D eigenvalue weighted by Gasteiger charge is 2.30. The molecule has 0 bridgehead atoms. The van der Waals surface area contributed by atoms with Gasteiger partial charge in [0.2, 0.25) is 0 Å². The number of rotatable bonds is 7. The quantitative estimate of drug-likeness (QED) is 0.364. The lowest BCUT2D eigenvalue weighted by molar-refractivity contribution is 0.102. The first kappa shape index (κ1) is 21.2. The number of nitrogens with two attached hydrogens (primary N) is 1.